The minimum absolute atomic E-state index is 0.0754. The molecule has 0 spiro atoms. The number of aromatic hydroxyl groups is 2. The number of phenolic OH excluding ortho intramolecular Hbond substituents is 2. The normalized spacial score (nSPS) is 20.5. The Balaban J connectivity index is 1.47. The van der Waals surface area contributed by atoms with Gasteiger partial charge in [0, 0.05) is 42.6 Å². The molecule has 6 rings (SSSR count). The molecule has 0 amide bonds. The van der Waals surface area contributed by atoms with Crippen molar-refractivity contribution in [3.05, 3.63) is 77.1 Å². The van der Waals surface area contributed by atoms with Crippen LogP contribution in [0.5, 0.6) is 28.7 Å². The van der Waals surface area contributed by atoms with Crippen molar-refractivity contribution in [2.75, 3.05) is 41.2 Å². The quantitative estimate of drug-likeness (QED) is 0.284. The summed E-state index contributed by atoms with van der Waals surface area (Å²) in [4.78, 5) is 2.27. The van der Waals surface area contributed by atoms with Crippen LogP contribution in [-0.4, -0.2) is 62.4 Å². The molecular formula is C32H37N3O6. The number of methoxy groups -OCH3 is 2. The summed E-state index contributed by atoms with van der Waals surface area (Å²) in [6.45, 7) is 2.06. The van der Waals surface area contributed by atoms with Gasteiger partial charge >= 0.3 is 0 Å². The molecule has 2 aliphatic heterocycles. The van der Waals surface area contributed by atoms with E-state index in [1.807, 2.05) is 37.5 Å². The van der Waals surface area contributed by atoms with Crippen molar-refractivity contribution in [2.45, 2.75) is 37.4 Å². The van der Waals surface area contributed by atoms with E-state index in [2.05, 4.69) is 21.7 Å². The summed E-state index contributed by atoms with van der Waals surface area (Å²) in [7, 11) is 5.08. The molecule has 3 aliphatic rings. The number of hydrogen-bond donors (Lipinski definition) is 4. The average Bonchev–Trinajstić information content (AvgIpc) is 3.51. The summed E-state index contributed by atoms with van der Waals surface area (Å²) in [5, 5.41) is 26.9. The number of phenols is 2. The van der Waals surface area contributed by atoms with E-state index < -0.39 is 6.10 Å². The van der Waals surface area contributed by atoms with Crippen molar-refractivity contribution in [3.63, 3.8) is 0 Å². The van der Waals surface area contributed by atoms with Gasteiger partial charge in [0.15, 0.2) is 17.6 Å². The highest BCUT2D eigenvalue weighted by molar-refractivity contribution is 5.83. The van der Waals surface area contributed by atoms with E-state index in [0.29, 0.717) is 18.9 Å². The lowest BCUT2D eigenvalue weighted by molar-refractivity contribution is -0.0429. The molecule has 3 atom stereocenters. The first kappa shape index (κ1) is 27.1. The summed E-state index contributed by atoms with van der Waals surface area (Å²) in [6, 6.07) is 12.9. The van der Waals surface area contributed by atoms with Crippen molar-refractivity contribution in [2.24, 2.45) is 0 Å². The minimum Gasteiger partial charge on any atom is -0.508 e. The van der Waals surface area contributed by atoms with Crippen LogP contribution in [0.25, 0.3) is 11.1 Å². The molecule has 9 nitrogen and oxygen atoms in total. The zero-order chi connectivity index (χ0) is 28.5. The molecule has 0 aromatic heterocycles. The molecule has 0 radical (unpaired) electrons. The molecule has 3 aromatic carbocycles. The first-order valence-electron chi connectivity index (χ1n) is 14.0. The number of fused-ring (bicyclic) bond motifs is 5. The van der Waals surface area contributed by atoms with Crippen molar-refractivity contribution < 1.29 is 29.2 Å². The lowest BCUT2D eigenvalue weighted by Gasteiger charge is -2.39. The van der Waals surface area contributed by atoms with E-state index >= 15 is 0 Å². The molecule has 2 heterocycles. The summed E-state index contributed by atoms with van der Waals surface area (Å²) in [6.07, 6.45) is 5.74. The fraction of sp³-hybridized carbons (Fsp3) is 0.375. The summed E-state index contributed by atoms with van der Waals surface area (Å²) < 4.78 is 24.5. The van der Waals surface area contributed by atoms with Crippen LogP contribution in [0.3, 0.4) is 0 Å². The van der Waals surface area contributed by atoms with E-state index in [0.717, 1.165) is 65.4 Å². The molecule has 0 fully saturated rings. The highest BCUT2D eigenvalue weighted by Crippen LogP contribution is 2.53. The van der Waals surface area contributed by atoms with Gasteiger partial charge in [-0.05, 0) is 72.3 Å². The minimum atomic E-state index is -0.416. The standard InChI is InChI=1S/C32H37N3O6/c1-33-18-40-29-15-24-26(41-32(29)20-4-7-25(37)27(14-20)38-2)16-28(39-3)31-23-6-5-22(36)13-21(23)12-19(30(24)31)8-10-35-11-9-34-17-35/h4-7,9,11,13-14,16,19,29,32-34,36-37H,8,10,12,15,17-18H2,1-3H3. The Hall–Kier alpha value is -4.08. The van der Waals surface area contributed by atoms with Crippen LogP contribution in [-0.2, 0) is 17.6 Å². The Labute approximate surface area is 240 Å². The lowest BCUT2D eigenvalue weighted by Crippen LogP contribution is -2.36. The van der Waals surface area contributed by atoms with Crippen LogP contribution in [0.1, 0.15) is 40.7 Å². The fourth-order valence-electron chi connectivity index (χ4n) is 6.37. The van der Waals surface area contributed by atoms with Gasteiger partial charge in [-0.3, -0.25) is 5.32 Å². The molecule has 0 bridgehead atoms. The maximum Gasteiger partial charge on any atom is 0.160 e. The molecular weight excluding hydrogens is 522 g/mol. The van der Waals surface area contributed by atoms with Crippen molar-refractivity contribution in [3.8, 4) is 39.9 Å². The number of nitrogens with one attached hydrogen (secondary N) is 2. The smallest absolute Gasteiger partial charge is 0.160 e. The molecule has 41 heavy (non-hydrogen) atoms. The third-order valence-electron chi connectivity index (χ3n) is 8.29. The maximum atomic E-state index is 10.3. The Morgan fingerprint density at radius 1 is 1.05 bits per heavy atom. The fourth-order valence-corrected chi connectivity index (χ4v) is 6.37. The van der Waals surface area contributed by atoms with Crippen molar-refractivity contribution in [1.29, 1.82) is 0 Å². The maximum absolute atomic E-state index is 10.3. The highest BCUT2D eigenvalue weighted by atomic mass is 16.6. The molecule has 3 aromatic rings. The second-order valence-electron chi connectivity index (χ2n) is 10.7. The third kappa shape index (κ3) is 5.11. The van der Waals surface area contributed by atoms with E-state index in [1.165, 1.54) is 12.7 Å². The zero-order valence-corrected chi connectivity index (χ0v) is 23.6. The summed E-state index contributed by atoms with van der Waals surface area (Å²) in [5.41, 5.74) is 6.47. The van der Waals surface area contributed by atoms with Gasteiger partial charge < -0.3 is 39.4 Å². The van der Waals surface area contributed by atoms with Crippen molar-refractivity contribution >= 4 is 0 Å². The lowest BCUT2D eigenvalue weighted by atomic mass is 9.73. The first-order chi connectivity index (χ1) is 20.0. The van der Waals surface area contributed by atoms with Crippen LogP contribution in [0.4, 0.5) is 0 Å². The van der Waals surface area contributed by atoms with Gasteiger partial charge in [-0.1, -0.05) is 12.1 Å². The summed E-state index contributed by atoms with van der Waals surface area (Å²) >= 11 is 0. The van der Waals surface area contributed by atoms with Gasteiger partial charge in [0.1, 0.15) is 23.4 Å². The Morgan fingerprint density at radius 3 is 2.66 bits per heavy atom. The van der Waals surface area contributed by atoms with Crippen molar-refractivity contribution in [1.82, 2.24) is 15.5 Å². The molecule has 4 N–H and O–H groups in total. The third-order valence-corrected chi connectivity index (χ3v) is 8.29. The van der Waals surface area contributed by atoms with Gasteiger partial charge in [0.25, 0.3) is 0 Å². The molecule has 3 unspecified atom stereocenters. The van der Waals surface area contributed by atoms with Gasteiger partial charge in [-0.15, -0.1) is 0 Å². The van der Waals surface area contributed by atoms with Crippen LogP contribution in [0.2, 0.25) is 0 Å². The van der Waals surface area contributed by atoms with Crippen LogP contribution in [0.15, 0.2) is 54.9 Å². The summed E-state index contributed by atoms with van der Waals surface area (Å²) in [5.74, 6) is 2.44. The van der Waals surface area contributed by atoms with Crippen LogP contribution < -0.4 is 24.8 Å². The highest BCUT2D eigenvalue weighted by Gasteiger charge is 2.39. The predicted molar refractivity (Wildman–Crippen MR) is 156 cm³/mol. The predicted octanol–water partition coefficient (Wildman–Crippen LogP) is 4.38. The van der Waals surface area contributed by atoms with Gasteiger partial charge in [-0.25, -0.2) is 0 Å². The van der Waals surface area contributed by atoms with Crippen LogP contribution in [0, 0.1) is 0 Å². The molecule has 0 saturated heterocycles. The van der Waals surface area contributed by atoms with Gasteiger partial charge in [0.05, 0.1) is 27.6 Å². The molecule has 216 valence electrons. The average molecular weight is 560 g/mol. The zero-order valence-electron chi connectivity index (χ0n) is 23.6. The van der Waals surface area contributed by atoms with Gasteiger partial charge in [0.2, 0.25) is 0 Å². The monoisotopic (exact) mass is 559 g/mol. The van der Waals surface area contributed by atoms with E-state index in [4.69, 9.17) is 18.9 Å². The largest absolute Gasteiger partial charge is 0.508 e. The molecule has 1 aliphatic carbocycles. The number of benzene rings is 3. The number of nitrogens with zero attached hydrogens (tertiary/aromatic N) is 1. The second-order valence-corrected chi connectivity index (χ2v) is 10.7. The Morgan fingerprint density at radius 2 is 1.90 bits per heavy atom. The molecule has 0 saturated carbocycles. The number of rotatable bonds is 9. The Kier molecular flexibility index (Phi) is 7.55. The number of ether oxygens (including phenoxy) is 4. The molecule has 9 heteroatoms. The number of hydrogen-bond acceptors (Lipinski definition) is 9. The first-order valence-corrected chi connectivity index (χ1v) is 14.0. The second kappa shape index (κ2) is 11.4. The SMILES string of the molecule is CNCOC1Cc2c(cc(OC)c3c2C(CCN2C=CNC2)Cc2cc(O)ccc2-3)OC1c1ccc(O)c(OC)c1. The van der Waals surface area contributed by atoms with E-state index in [-0.39, 0.29) is 23.5 Å². The van der Waals surface area contributed by atoms with Gasteiger partial charge in [-0.2, -0.15) is 0 Å². The Bertz CT molecular complexity index is 1460. The van der Waals surface area contributed by atoms with Crippen LogP contribution >= 0.6 is 0 Å². The van der Waals surface area contributed by atoms with E-state index in [1.54, 1.807) is 25.3 Å². The topological polar surface area (TPSA) is 105 Å². The van der Waals surface area contributed by atoms with E-state index in [9.17, 15) is 10.2 Å².